The van der Waals surface area contributed by atoms with Crippen LogP contribution in [0.1, 0.15) is 50.8 Å². The van der Waals surface area contributed by atoms with Crippen molar-refractivity contribution < 1.29 is 13.2 Å². The fraction of sp³-hybridized carbons (Fsp3) is 0.391. The first-order valence-corrected chi connectivity index (χ1v) is 12.3. The largest absolute Gasteiger partial charge is 0.494 e. The third-order valence-electron chi connectivity index (χ3n) is 5.43. The van der Waals surface area contributed by atoms with E-state index in [1.54, 1.807) is 30.5 Å². The van der Waals surface area contributed by atoms with Crippen molar-refractivity contribution in [1.82, 2.24) is 19.5 Å². The molecule has 1 N–H and O–H groups in total. The van der Waals surface area contributed by atoms with Crippen LogP contribution in [0.3, 0.4) is 0 Å². The van der Waals surface area contributed by atoms with Gasteiger partial charge in [0, 0.05) is 6.20 Å². The van der Waals surface area contributed by atoms with Gasteiger partial charge in [0.05, 0.1) is 41.2 Å². The molecule has 0 aliphatic heterocycles. The van der Waals surface area contributed by atoms with Crippen molar-refractivity contribution in [2.45, 2.75) is 56.5 Å². The van der Waals surface area contributed by atoms with Crippen molar-refractivity contribution in [2.75, 3.05) is 6.61 Å². The van der Waals surface area contributed by atoms with Crippen LogP contribution < -0.4 is 9.46 Å². The zero-order valence-electron chi connectivity index (χ0n) is 17.7. The minimum atomic E-state index is -3.65. The Labute approximate surface area is 183 Å². The molecule has 0 radical (unpaired) electrons. The Balaban J connectivity index is 1.51. The fourth-order valence-electron chi connectivity index (χ4n) is 3.85. The molecular weight excluding hydrogens is 412 g/mol. The molecule has 0 unspecified atom stereocenters. The van der Waals surface area contributed by atoms with Crippen LogP contribution in [0.15, 0.2) is 59.6 Å². The van der Waals surface area contributed by atoms with Crippen molar-refractivity contribution in [1.29, 1.82) is 0 Å². The van der Waals surface area contributed by atoms with E-state index in [9.17, 15) is 8.42 Å². The second kappa shape index (κ2) is 9.62. The topological polar surface area (TPSA) is 86.1 Å². The van der Waals surface area contributed by atoms with E-state index in [2.05, 4.69) is 9.71 Å². The molecule has 0 bridgehead atoms. The molecule has 31 heavy (non-hydrogen) atoms. The maximum absolute atomic E-state index is 12.7. The summed E-state index contributed by atoms with van der Waals surface area (Å²) in [5.74, 6) is 0.663. The van der Waals surface area contributed by atoms with Gasteiger partial charge >= 0.3 is 0 Å². The second-order valence-corrected chi connectivity index (χ2v) is 9.53. The molecule has 164 valence electrons. The Morgan fingerprint density at radius 2 is 1.90 bits per heavy atom. The minimum Gasteiger partial charge on any atom is -0.494 e. The van der Waals surface area contributed by atoms with Crippen LogP contribution in [0.5, 0.6) is 5.75 Å². The minimum absolute atomic E-state index is 0.121. The first-order valence-electron chi connectivity index (χ1n) is 10.8. The van der Waals surface area contributed by atoms with Crippen LogP contribution >= 0.6 is 0 Å². The normalized spacial score (nSPS) is 14.7. The lowest BCUT2D eigenvalue weighted by Gasteiger charge is -2.13. The molecule has 3 aromatic rings. The number of pyridine rings is 1. The van der Waals surface area contributed by atoms with Crippen LogP contribution in [-0.4, -0.2) is 29.8 Å². The lowest BCUT2D eigenvalue weighted by molar-refractivity contribution is 0.317. The molecule has 1 aliphatic carbocycles. The molecule has 0 amide bonds. The summed E-state index contributed by atoms with van der Waals surface area (Å²) < 4.78 is 35.7. The van der Waals surface area contributed by atoms with Crippen molar-refractivity contribution in [2.24, 2.45) is 0 Å². The Bertz CT molecular complexity index is 1090. The van der Waals surface area contributed by atoms with Crippen LogP contribution in [0.2, 0.25) is 0 Å². The summed E-state index contributed by atoms with van der Waals surface area (Å²) in [6.45, 7) is 2.75. The molecule has 1 fully saturated rings. The number of nitrogens with one attached hydrogen (secondary N) is 1. The van der Waals surface area contributed by atoms with Gasteiger partial charge in [-0.2, -0.15) is 5.10 Å². The molecule has 1 saturated carbocycles. The predicted octanol–water partition coefficient (Wildman–Crippen LogP) is 4.33. The third kappa shape index (κ3) is 5.14. The van der Waals surface area contributed by atoms with Gasteiger partial charge in [0.25, 0.3) is 0 Å². The van der Waals surface area contributed by atoms with E-state index in [0.717, 1.165) is 30.7 Å². The van der Waals surface area contributed by atoms with E-state index in [-0.39, 0.29) is 11.4 Å². The number of rotatable bonds is 9. The molecule has 2 heterocycles. The SMILES string of the molecule is CCCOc1ccc(S(=O)(=O)NCc2cc(-c3ccccn3)n(C3CCCC3)n2)cc1. The molecule has 2 aromatic heterocycles. The number of benzene rings is 1. The molecule has 4 rings (SSSR count). The molecule has 1 aliphatic rings. The number of nitrogens with zero attached hydrogens (tertiary/aromatic N) is 3. The second-order valence-electron chi connectivity index (χ2n) is 7.76. The first kappa shape index (κ1) is 21.5. The number of sulfonamides is 1. The van der Waals surface area contributed by atoms with Gasteiger partial charge in [0.2, 0.25) is 10.0 Å². The highest BCUT2D eigenvalue weighted by Gasteiger charge is 2.23. The van der Waals surface area contributed by atoms with Gasteiger partial charge in [-0.05, 0) is 61.7 Å². The average Bonchev–Trinajstić information content (AvgIpc) is 3.47. The zero-order valence-corrected chi connectivity index (χ0v) is 18.5. The number of aromatic nitrogens is 3. The average molecular weight is 441 g/mol. The smallest absolute Gasteiger partial charge is 0.240 e. The lowest BCUT2D eigenvalue weighted by Crippen LogP contribution is -2.23. The Kier molecular flexibility index (Phi) is 6.67. The number of ether oxygens (including phenoxy) is 1. The summed E-state index contributed by atoms with van der Waals surface area (Å²) >= 11 is 0. The summed E-state index contributed by atoms with van der Waals surface area (Å²) in [5, 5.41) is 4.74. The maximum atomic E-state index is 12.7. The van der Waals surface area contributed by atoms with Crippen LogP contribution in [0.4, 0.5) is 0 Å². The van der Waals surface area contributed by atoms with E-state index in [4.69, 9.17) is 9.84 Å². The fourth-order valence-corrected chi connectivity index (χ4v) is 4.85. The van der Waals surface area contributed by atoms with Gasteiger partial charge in [-0.15, -0.1) is 0 Å². The van der Waals surface area contributed by atoms with Gasteiger partial charge in [0.1, 0.15) is 5.75 Å². The summed E-state index contributed by atoms with van der Waals surface area (Å²) in [5.41, 5.74) is 2.46. The standard InChI is InChI=1S/C23H28N4O3S/c1-2-15-30-20-10-12-21(13-11-20)31(28,29)25-17-18-16-23(22-9-5-6-14-24-22)27(26-18)19-7-3-4-8-19/h5-6,9-14,16,19,25H,2-4,7-8,15,17H2,1H3. The van der Waals surface area contributed by atoms with E-state index >= 15 is 0 Å². The lowest BCUT2D eigenvalue weighted by atomic mass is 10.2. The summed E-state index contributed by atoms with van der Waals surface area (Å²) in [6, 6.07) is 14.5. The summed E-state index contributed by atoms with van der Waals surface area (Å²) in [4.78, 5) is 4.67. The van der Waals surface area contributed by atoms with Crippen LogP contribution in [0.25, 0.3) is 11.4 Å². The Hall–Kier alpha value is -2.71. The molecule has 0 saturated heterocycles. The van der Waals surface area contributed by atoms with Crippen molar-refractivity contribution in [3.8, 4) is 17.1 Å². The van der Waals surface area contributed by atoms with Crippen LogP contribution in [0, 0.1) is 0 Å². The van der Waals surface area contributed by atoms with Crippen molar-refractivity contribution in [3.05, 3.63) is 60.4 Å². The third-order valence-corrected chi connectivity index (χ3v) is 6.85. The molecule has 8 heteroatoms. The van der Waals surface area contributed by atoms with Gasteiger partial charge in [-0.25, -0.2) is 13.1 Å². The van der Waals surface area contributed by atoms with Gasteiger partial charge < -0.3 is 4.74 Å². The molecular formula is C23H28N4O3S. The predicted molar refractivity (Wildman–Crippen MR) is 119 cm³/mol. The number of hydrogen-bond donors (Lipinski definition) is 1. The molecule has 1 aromatic carbocycles. The van der Waals surface area contributed by atoms with Gasteiger partial charge in [-0.3, -0.25) is 9.67 Å². The number of hydrogen-bond acceptors (Lipinski definition) is 5. The first-order chi connectivity index (χ1) is 15.1. The Morgan fingerprint density at radius 3 is 2.58 bits per heavy atom. The molecule has 0 atom stereocenters. The monoisotopic (exact) mass is 440 g/mol. The quantitative estimate of drug-likeness (QED) is 0.535. The summed E-state index contributed by atoms with van der Waals surface area (Å²) in [6.07, 6.45) is 7.20. The summed E-state index contributed by atoms with van der Waals surface area (Å²) in [7, 11) is -3.65. The van der Waals surface area contributed by atoms with Gasteiger partial charge in [0.15, 0.2) is 0 Å². The van der Waals surface area contributed by atoms with E-state index in [0.29, 0.717) is 24.1 Å². The highest BCUT2D eigenvalue weighted by molar-refractivity contribution is 7.89. The van der Waals surface area contributed by atoms with E-state index in [1.165, 1.54) is 12.8 Å². The van der Waals surface area contributed by atoms with Crippen LogP contribution in [-0.2, 0) is 16.6 Å². The van der Waals surface area contributed by atoms with Gasteiger partial charge in [-0.1, -0.05) is 25.8 Å². The molecule has 7 nitrogen and oxygen atoms in total. The molecule has 0 spiro atoms. The highest BCUT2D eigenvalue weighted by Crippen LogP contribution is 2.33. The van der Waals surface area contributed by atoms with E-state index in [1.807, 2.05) is 35.9 Å². The highest BCUT2D eigenvalue weighted by atomic mass is 32.2. The zero-order chi connectivity index (χ0) is 21.7. The van der Waals surface area contributed by atoms with Crippen molar-refractivity contribution in [3.63, 3.8) is 0 Å². The Morgan fingerprint density at radius 1 is 1.13 bits per heavy atom. The van der Waals surface area contributed by atoms with Crippen molar-refractivity contribution >= 4 is 10.0 Å². The maximum Gasteiger partial charge on any atom is 0.240 e. The van der Waals surface area contributed by atoms with E-state index < -0.39 is 10.0 Å².